The van der Waals surface area contributed by atoms with Gasteiger partial charge in [-0.05, 0) is 62.4 Å². The fourth-order valence-corrected chi connectivity index (χ4v) is 4.03. The van der Waals surface area contributed by atoms with Gasteiger partial charge in [0.25, 0.3) is 5.91 Å². The maximum atomic E-state index is 12.4. The van der Waals surface area contributed by atoms with Gasteiger partial charge >= 0.3 is 0 Å². The highest BCUT2D eigenvalue weighted by Gasteiger charge is 2.12. The minimum absolute atomic E-state index is 0.00272. The lowest BCUT2D eigenvalue weighted by Crippen LogP contribution is -2.30. The van der Waals surface area contributed by atoms with Gasteiger partial charge in [-0.3, -0.25) is 9.59 Å². The summed E-state index contributed by atoms with van der Waals surface area (Å²) in [4.78, 5) is 28.8. The zero-order chi connectivity index (χ0) is 22.1. The van der Waals surface area contributed by atoms with Gasteiger partial charge in [0.2, 0.25) is 5.91 Å². The van der Waals surface area contributed by atoms with E-state index in [1.54, 1.807) is 40.9 Å². The molecule has 31 heavy (non-hydrogen) atoms. The Kier molecular flexibility index (Phi) is 8.12. The monoisotopic (exact) mass is 433 g/mol. The average molecular weight is 434 g/mol. The SMILES string of the molecule is CCN(CC)C(=O)c1ccc(NC(=O)CNc2ccccc2Sc2ccccc2)cc1. The summed E-state index contributed by atoms with van der Waals surface area (Å²) >= 11 is 1.65. The van der Waals surface area contributed by atoms with Crippen LogP contribution >= 0.6 is 11.8 Å². The molecule has 0 aliphatic carbocycles. The van der Waals surface area contributed by atoms with Crippen molar-refractivity contribution >= 4 is 35.0 Å². The molecule has 0 fully saturated rings. The summed E-state index contributed by atoms with van der Waals surface area (Å²) in [5, 5.41) is 6.09. The van der Waals surface area contributed by atoms with Crippen molar-refractivity contribution in [2.45, 2.75) is 23.6 Å². The number of benzene rings is 3. The Bertz CT molecular complexity index is 1000. The van der Waals surface area contributed by atoms with Crippen LogP contribution in [0.5, 0.6) is 0 Å². The van der Waals surface area contributed by atoms with Gasteiger partial charge < -0.3 is 15.5 Å². The van der Waals surface area contributed by atoms with E-state index in [1.807, 2.05) is 56.3 Å². The normalized spacial score (nSPS) is 10.4. The molecule has 0 radical (unpaired) electrons. The van der Waals surface area contributed by atoms with Crippen LogP contribution in [0.15, 0.2) is 88.7 Å². The van der Waals surface area contributed by atoms with Crippen molar-refractivity contribution < 1.29 is 9.59 Å². The van der Waals surface area contributed by atoms with Crippen LogP contribution in [0.25, 0.3) is 0 Å². The number of nitrogens with one attached hydrogen (secondary N) is 2. The average Bonchev–Trinajstić information content (AvgIpc) is 2.80. The summed E-state index contributed by atoms with van der Waals surface area (Å²) in [6.07, 6.45) is 0. The molecular weight excluding hydrogens is 406 g/mol. The molecule has 3 aromatic rings. The van der Waals surface area contributed by atoms with Crippen molar-refractivity contribution in [1.29, 1.82) is 0 Å². The van der Waals surface area contributed by atoms with Gasteiger partial charge in [-0.15, -0.1) is 0 Å². The molecule has 0 saturated heterocycles. The molecule has 2 amide bonds. The van der Waals surface area contributed by atoms with Crippen molar-refractivity contribution in [2.24, 2.45) is 0 Å². The Morgan fingerprint density at radius 2 is 1.48 bits per heavy atom. The second-order valence-corrected chi connectivity index (χ2v) is 7.98. The van der Waals surface area contributed by atoms with E-state index in [1.165, 1.54) is 0 Å². The number of amides is 2. The highest BCUT2D eigenvalue weighted by Crippen LogP contribution is 2.33. The maximum Gasteiger partial charge on any atom is 0.253 e. The van der Waals surface area contributed by atoms with Crippen molar-refractivity contribution in [3.8, 4) is 0 Å². The number of para-hydroxylation sites is 1. The van der Waals surface area contributed by atoms with E-state index in [2.05, 4.69) is 22.8 Å². The Hall–Kier alpha value is -3.25. The van der Waals surface area contributed by atoms with Crippen LogP contribution in [0.1, 0.15) is 24.2 Å². The molecule has 3 rings (SSSR count). The van der Waals surface area contributed by atoms with E-state index in [9.17, 15) is 9.59 Å². The molecule has 0 bridgehead atoms. The number of hydrogen-bond acceptors (Lipinski definition) is 4. The van der Waals surface area contributed by atoms with Crippen molar-refractivity contribution in [3.05, 3.63) is 84.4 Å². The zero-order valence-electron chi connectivity index (χ0n) is 17.8. The molecule has 0 aliphatic rings. The summed E-state index contributed by atoms with van der Waals surface area (Å²) in [7, 11) is 0. The van der Waals surface area contributed by atoms with Gasteiger partial charge in [-0.2, -0.15) is 0 Å². The summed E-state index contributed by atoms with van der Waals surface area (Å²) < 4.78 is 0. The molecule has 2 N–H and O–H groups in total. The van der Waals surface area contributed by atoms with Gasteiger partial charge in [0.1, 0.15) is 0 Å². The summed E-state index contributed by atoms with van der Waals surface area (Å²) in [5.74, 6) is -0.153. The molecule has 0 heterocycles. The molecule has 3 aromatic carbocycles. The first-order valence-corrected chi connectivity index (χ1v) is 11.2. The minimum Gasteiger partial charge on any atom is -0.375 e. The molecule has 160 valence electrons. The number of anilines is 2. The van der Waals surface area contributed by atoms with Crippen LogP contribution in [0.3, 0.4) is 0 Å². The lowest BCUT2D eigenvalue weighted by Gasteiger charge is -2.18. The van der Waals surface area contributed by atoms with Crippen LogP contribution in [-0.2, 0) is 4.79 Å². The first kappa shape index (κ1) is 22.4. The summed E-state index contributed by atoms with van der Waals surface area (Å²) in [6, 6.07) is 25.1. The molecule has 6 heteroatoms. The molecule has 0 saturated carbocycles. The van der Waals surface area contributed by atoms with Crippen LogP contribution in [0.2, 0.25) is 0 Å². The summed E-state index contributed by atoms with van der Waals surface area (Å²) in [5.41, 5.74) is 2.19. The van der Waals surface area contributed by atoms with E-state index in [0.29, 0.717) is 24.3 Å². The fourth-order valence-electron chi connectivity index (χ4n) is 3.09. The van der Waals surface area contributed by atoms with Crippen molar-refractivity contribution in [3.63, 3.8) is 0 Å². The van der Waals surface area contributed by atoms with Crippen LogP contribution in [0.4, 0.5) is 11.4 Å². The molecule has 0 spiro atoms. The Morgan fingerprint density at radius 3 is 2.16 bits per heavy atom. The third-order valence-electron chi connectivity index (χ3n) is 4.76. The Morgan fingerprint density at radius 1 is 0.839 bits per heavy atom. The van der Waals surface area contributed by atoms with E-state index >= 15 is 0 Å². The predicted octanol–water partition coefficient (Wildman–Crippen LogP) is 5.37. The molecule has 0 unspecified atom stereocenters. The first-order valence-electron chi connectivity index (χ1n) is 10.4. The van der Waals surface area contributed by atoms with Crippen LogP contribution in [0, 0.1) is 0 Å². The third-order valence-corrected chi connectivity index (χ3v) is 5.85. The van der Waals surface area contributed by atoms with Gasteiger partial charge in [0.15, 0.2) is 0 Å². The van der Waals surface area contributed by atoms with Crippen molar-refractivity contribution in [1.82, 2.24) is 4.90 Å². The minimum atomic E-state index is -0.151. The number of rotatable bonds is 9. The molecular formula is C25H27N3O2S. The Labute approximate surface area is 187 Å². The van der Waals surface area contributed by atoms with Crippen LogP contribution in [-0.4, -0.2) is 36.3 Å². The van der Waals surface area contributed by atoms with E-state index in [4.69, 9.17) is 0 Å². The summed E-state index contributed by atoms with van der Waals surface area (Å²) in [6.45, 7) is 5.40. The lowest BCUT2D eigenvalue weighted by molar-refractivity contribution is -0.114. The first-order chi connectivity index (χ1) is 15.1. The largest absolute Gasteiger partial charge is 0.375 e. The Balaban J connectivity index is 1.57. The maximum absolute atomic E-state index is 12.4. The van der Waals surface area contributed by atoms with E-state index in [-0.39, 0.29) is 18.4 Å². The number of nitrogens with zero attached hydrogens (tertiary/aromatic N) is 1. The number of carbonyl (C=O) groups is 2. The van der Waals surface area contributed by atoms with Gasteiger partial charge in [0, 0.05) is 39.8 Å². The molecule has 0 atom stereocenters. The molecule has 0 aliphatic heterocycles. The van der Waals surface area contributed by atoms with Gasteiger partial charge in [-0.25, -0.2) is 0 Å². The topological polar surface area (TPSA) is 61.4 Å². The lowest BCUT2D eigenvalue weighted by atomic mass is 10.1. The number of hydrogen-bond donors (Lipinski definition) is 2. The fraction of sp³-hybridized carbons (Fsp3) is 0.200. The number of carbonyl (C=O) groups excluding carboxylic acids is 2. The van der Waals surface area contributed by atoms with Crippen LogP contribution < -0.4 is 10.6 Å². The predicted molar refractivity (Wildman–Crippen MR) is 128 cm³/mol. The molecule has 5 nitrogen and oxygen atoms in total. The highest BCUT2D eigenvalue weighted by atomic mass is 32.2. The second-order valence-electron chi connectivity index (χ2n) is 6.87. The van der Waals surface area contributed by atoms with E-state index in [0.717, 1.165) is 15.5 Å². The second kappa shape index (κ2) is 11.2. The molecule has 0 aromatic heterocycles. The third kappa shape index (κ3) is 6.36. The van der Waals surface area contributed by atoms with Crippen molar-refractivity contribution in [2.75, 3.05) is 30.3 Å². The van der Waals surface area contributed by atoms with E-state index < -0.39 is 0 Å². The highest BCUT2D eigenvalue weighted by molar-refractivity contribution is 7.99. The zero-order valence-corrected chi connectivity index (χ0v) is 18.6. The standard InChI is InChI=1S/C25H27N3O2S/c1-3-28(4-2)25(30)19-14-16-20(17-15-19)27-24(29)18-26-22-12-8-9-13-23(22)31-21-10-6-5-7-11-21/h5-17,26H,3-4,18H2,1-2H3,(H,27,29). The van der Waals surface area contributed by atoms with Gasteiger partial charge in [-0.1, -0.05) is 42.1 Å². The quantitative estimate of drug-likeness (QED) is 0.476. The smallest absolute Gasteiger partial charge is 0.253 e. The van der Waals surface area contributed by atoms with Gasteiger partial charge in [0.05, 0.1) is 6.54 Å².